The van der Waals surface area contributed by atoms with E-state index in [0.717, 1.165) is 33.4 Å². The third kappa shape index (κ3) is 3.85. The second-order valence-corrected chi connectivity index (χ2v) is 7.09. The number of nitriles is 1. The van der Waals surface area contributed by atoms with Gasteiger partial charge in [-0.05, 0) is 43.0 Å². The molecule has 9 heteroatoms. The fraction of sp³-hybridized carbons (Fsp3) is 0.0870. The number of amides is 2. The zero-order valence-electron chi connectivity index (χ0n) is 17.4. The number of nitrogens with zero attached hydrogens (tertiary/aromatic N) is 4. The molecule has 0 atom stereocenters. The first-order valence-electron chi connectivity index (χ1n) is 9.75. The Labute approximate surface area is 183 Å². The Morgan fingerprint density at radius 1 is 1.12 bits per heavy atom. The minimum absolute atomic E-state index is 0.00594. The van der Waals surface area contributed by atoms with Gasteiger partial charge in [-0.15, -0.1) is 0 Å². The van der Waals surface area contributed by atoms with Crippen LogP contribution >= 0.6 is 0 Å². The van der Waals surface area contributed by atoms with Crippen LogP contribution in [-0.2, 0) is 4.79 Å². The summed E-state index contributed by atoms with van der Waals surface area (Å²) in [6, 6.07) is 18.0. The number of hydrazine groups is 1. The number of rotatable bonds is 4. The van der Waals surface area contributed by atoms with E-state index in [4.69, 9.17) is 0 Å². The predicted molar refractivity (Wildman–Crippen MR) is 118 cm³/mol. The van der Waals surface area contributed by atoms with E-state index in [1.807, 2.05) is 50.2 Å². The quantitative estimate of drug-likeness (QED) is 0.263. The van der Waals surface area contributed by atoms with Crippen molar-refractivity contribution in [3.63, 3.8) is 0 Å². The van der Waals surface area contributed by atoms with Crippen LogP contribution in [0.3, 0.4) is 0 Å². The van der Waals surface area contributed by atoms with Crippen LogP contribution in [0.15, 0.2) is 60.3 Å². The van der Waals surface area contributed by atoms with Gasteiger partial charge in [-0.1, -0.05) is 36.4 Å². The van der Waals surface area contributed by atoms with Crippen molar-refractivity contribution < 1.29 is 9.59 Å². The fourth-order valence-electron chi connectivity index (χ4n) is 3.57. The number of carbonyl (C=O) groups excluding carboxylic acids is 2. The molecule has 4 aromatic rings. The molecule has 32 heavy (non-hydrogen) atoms. The van der Waals surface area contributed by atoms with Crippen LogP contribution in [0, 0.1) is 25.2 Å². The molecule has 2 aromatic heterocycles. The molecule has 4 rings (SSSR count). The molecule has 0 spiro atoms. The van der Waals surface area contributed by atoms with Crippen LogP contribution in [0.4, 0.5) is 0 Å². The van der Waals surface area contributed by atoms with Crippen molar-refractivity contribution in [2.45, 2.75) is 13.8 Å². The first kappa shape index (κ1) is 20.6. The minimum atomic E-state index is -0.737. The lowest BCUT2D eigenvalue weighted by Crippen LogP contribution is -2.42. The molecule has 0 aliphatic heterocycles. The summed E-state index contributed by atoms with van der Waals surface area (Å²) >= 11 is 0. The number of carbonyl (C=O) groups is 2. The number of hydrogen-bond acceptors (Lipinski definition) is 5. The maximum Gasteiger partial charge on any atom is 0.291 e. The number of aryl methyl sites for hydroxylation is 1. The van der Waals surface area contributed by atoms with Crippen LogP contribution in [0.25, 0.3) is 22.5 Å². The SMILES string of the molecule is Cc1cc(/C=C(/C#N)C(=O)NNC(=O)c2cn[nH]n2)c(C)n1-c1cccc2ccccc12. The smallest absolute Gasteiger partial charge is 0.291 e. The normalized spacial score (nSPS) is 11.2. The molecular weight excluding hydrogens is 406 g/mol. The van der Waals surface area contributed by atoms with Crippen molar-refractivity contribution in [3.05, 3.63) is 82.9 Å². The predicted octanol–water partition coefficient (Wildman–Crippen LogP) is 2.73. The lowest BCUT2D eigenvalue weighted by molar-refractivity contribution is -0.117. The average molecular weight is 425 g/mol. The maximum absolute atomic E-state index is 12.4. The Morgan fingerprint density at radius 2 is 1.91 bits per heavy atom. The van der Waals surface area contributed by atoms with Crippen LogP contribution in [-0.4, -0.2) is 31.8 Å². The molecule has 2 aromatic carbocycles. The van der Waals surface area contributed by atoms with Gasteiger partial charge in [-0.25, -0.2) is 0 Å². The molecule has 0 saturated heterocycles. The van der Waals surface area contributed by atoms with Gasteiger partial charge in [0, 0.05) is 16.8 Å². The number of hydrogen-bond donors (Lipinski definition) is 3. The van der Waals surface area contributed by atoms with Crippen LogP contribution in [0.1, 0.15) is 27.4 Å². The van der Waals surface area contributed by atoms with Gasteiger partial charge in [-0.2, -0.15) is 20.7 Å². The van der Waals surface area contributed by atoms with Gasteiger partial charge in [0.15, 0.2) is 5.69 Å². The number of nitrogens with one attached hydrogen (secondary N) is 3. The molecule has 3 N–H and O–H groups in total. The van der Waals surface area contributed by atoms with E-state index in [-0.39, 0.29) is 11.3 Å². The molecule has 2 amide bonds. The topological polar surface area (TPSA) is 128 Å². The fourth-order valence-corrected chi connectivity index (χ4v) is 3.57. The van der Waals surface area contributed by atoms with Gasteiger partial charge in [-0.3, -0.25) is 20.4 Å². The van der Waals surface area contributed by atoms with E-state index in [1.165, 1.54) is 12.3 Å². The lowest BCUT2D eigenvalue weighted by Gasteiger charge is -2.13. The van der Waals surface area contributed by atoms with Crippen LogP contribution < -0.4 is 10.9 Å². The van der Waals surface area contributed by atoms with Gasteiger partial charge >= 0.3 is 0 Å². The highest BCUT2D eigenvalue weighted by Crippen LogP contribution is 2.28. The van der Waals surface area contributed by atoms with E-state index < -0.39 is 11.8 Å². The molecule has 0 fully saturated rings. The van der Waals surface area contributed by atoms with Crippen LogP contribution in [0.2, 0.25) is 0 Å². The average Bonchev–Trinajstić information content (AvgIpc) is 3.44. The highest BCUT2D eigenvalue weighted by Gasteiger charge is 2.16. The van der Waals surface area contributed by atoms with E-state index in [1.54, 1.807) is 0 Å². The molecule has 158 valence electrons. The molecule has 0 radical (unpaired) electrons. The molecule has 0 bridgehead atoms. The molecule has 0 unspecified atom stereocenters. The third-order valence-corrected chi connectivity index (χ3v) is 5.08. The lowest BCUT2D eigenvalue weighted by atomic mass is 10.1. The van der Waals surface area contributed by atoms with Crippen molar-refractivity contribution in [2.75, 3.05) is 0 Å². The van der Waals surface area contributed by atoms with Crippen molar-refractivity contribution >= 4 is 28.7 Å². The highest BCUT2D eigenvalue weighted by molar-refractivity contribution is 6.03. The largest absolute Gasteiger partial charge is 0.317 e. The number of benzene rings is 2. The van der Waals surface area contributed by atoms with Gasteiger partial charge in [0.05, 0.1) is 11.9 Å². The first-order valence-corrected chi connectivity index (χ1v) is 9.75. The van der Waals surface area contributed by atoms with E-state index in [2.05, 4.69) is 49.0 Å². The summed E-state index contributed by atoms with van der Waals surface area (Å²) in [5.41, 5.74) is 7.86. The number of H-pyrrole nitrogens is 1. The van der Waals surface area contributed by atoms with Crippen molar-refractivity contribution in [2.24, 2.45) is 0 Å². The molecule has 0 saturated carbocycles. The number of fused-ring (bicyclic) bond motifs is 1. The highest BCUT2D eigenvalue weighted by atomic mass is 16.2. The summed E-state index contributed by atoms with van der Waals surface area (Å²) in [5.74, 6) is -1.39. The molecule has 2 heterocycles. The zero-order chi connectivity index (χ0) is 22.7. The maximum atomic E-state index is 12.4. The number of aromatic nitrogens is 4. The summed E-state index contributed by atoms with van der Waals surface area (Å²) in [6.45, 7) is 3.90. The van der Waals surface area contributed by atoms with Crippen molar-refractivity contribution in [3.8, 4) is 11.8 Å². The second-order valence-electron chi connectivity index (χ2n) is 7.09. The summed E-state index contributed by atoms with van der Waals surface area (Å²) in [5, 5.41) is 21.2. The van der Waals surface area contributed by atoms with Crippen molar-refractivity contribution in [1.29, 1.82) is 5.26 Å². The summed E-state index contributed by atoms with van der Waals surface area (Å²) < 4.78 is 2.09. The molecule has 0 aliphatic rings. The summed E-state index contributed by atoms with van der Waals surface area (Å²) in [4.78, 5) is 24.3. The standard InChI is InChI=1S/C23H19N7O2/c1-14-10-17(11-18(12-24)22(31)27-28-23(32)20-13-25-29-26-20)15(2)30(14)21-9-5-7-16-6-3-4-8-19(16)21/h3-11,13H,1-2H3,(H,27,31)(H,28,32)(H,25,26,29)/b18-11-. The second kappa shape index (κ2) is 8.57. The molecule has 9 nitrogen and oxygen atoms in total. The van der Waals surface area contributed by atoms with E-state index in [9.17, 15) is 14.9 Å². The van der Waals surface area contributed by atoms with E-state index >= 15 is 0 Å². The number of aromatic amines is 1. The van der Waals surface area contributed by atoms with Gasteiger partial charge in [0.25, 0.3) is 11.8 Å². The van der Waals surface area contributed by atoms with E-state index in [0.29, 0.717) is 0 Å². The van der Waals surface area contributed by atoms with Crippen LogP contribution in [0.5, 0.6) is 0 Å². The summed E-state index contributed by atoms with van der Waals surface area (Å²) in [7, 11) is 0. The Balaban J connectivity index is 1.63. The minimum Gasteiger partial charge on any atom is -0.317 e. The molecule has 0 aliphatic carbocycles. The van der Waals surface area contributed by atoms with Crippen molar-refractivity contribution in [1.82, 2.24) is 30.8 Å². The Morgan fingerprint density at radius 3 is 2.66 bits per heavy atom. The zero-order valence-corrected chi connectivity index (χ0v) is 17.4. The Hall–Kier alpha value is -4.71. The first-order chi connectivity index (χ1) is 15.5. The van der Waals surface area contributed by atoms with Gasteiger partial charge < -0.3 is 4.57 Å². The Bertz CT molecular complexity index is 1390. The van der Waals surface area contributed by atoms with Gasteiger partial charge in [0.1, 0.15) is 11.6 Å². The monoisotopic (exact) mass is 425 g/mol. The summed E-state index contributed by atoms with van der Waals surface area (Å²) in [6.07, 6.45) is 2.71. The third-order valence-electron chi connectivity index (χ3n) is 5.08. The van der Waals surface area contributed by atoms with Gasteiger partial charge in [0.2, 0.25) is 0 Å². The molecular formula is C23H19N7O2. The Kier molecular flexibility index (Phi) is 5.51.